The van der Waals surface area contributed by atoms with Crippen molar-refractivity contribution in [3.05, 3.63) is 12.0 Å². The minimum absolute atomic E-state index is 0.221. The third-order valence-corrected chi connectivity index (χ3v) is 2.18. The van der Waals surface area contributed by atoms with Crippen LogP contribution in [0.5, 0.6) is 0 Å². The predicted molar refractivity (Wildman–Crippen MR) is 70.3 cm³/mol. The van der Waals surface area contributed by atoms with Crippen molar-refractivity contribution in [3.8, 4) is 0 Å². The van der Waals surface area contributed by atoms with Crippen LogP contribution in [0.25, 0.3) is 0 Å². The van der Waals surface area contributed by atoms with Gasteiger partial charge in [0.15, 0.2) is 11.6 Å². The molecule has 18 heavy (non-hydrogen) atoms. The monoisotopic (exact) mass is 256 g/mol. The Balaban J connectivity index is 2.26. The molecular weight excluding hydrogens is 235 g/mol. The zero-order valence-electron chi connectivity index (χ0n) is 11.2. The zero-order valence-corrected chi connectivity index (χ0v) is 11.2. The largest absolute Gasteiger partial charge is 0.381 e. The molecule has 0 aromatic carbocycles. The molecule has 0 aliphatic rings. The van der Waals surface area contributed by atoms with Crippen molar-refractivity contribution in [2.75, 3.05) is 37.4 Å². The lowest BCUT2D eigenvalue weighted by molar-refractivity contribution is 0.110. The summed E-state index contributed by atoms with van der Waals surface area (Å²) in [6, 6.07) is 0. The molecule has 0 saturated carbocycles. The third kappa shape index (κ3) is 5.27. The summed E-state index contributed by atoms with van der Waals surface area (Å²) in [5, 5.41) is 5.69. The van der Waals surface area contributed by atoms with E-state index in [2.05, 4.69) is 34.4 Å². The lowest BCUT2D eigenvalue weighted by Crippen LogP contribution is -2.11. The van der Waals surface area contributed by atoms with Gasteiger partial charge in [0.1, 0.15) is 0 Å². The molecule has 6 heteroatoms. The van der Waals surface area contributed by atoms with E-state index in [4.69, 9.17) is 4.74 Å². The van der Waals surface area contributed by atoms with E-state index in [0.717, 1.165) is 19.2 Å². The minimum Gasteiger partial charge on any atom is -0.381 e. The van der Waals surface area contributed by atoms with Crippen molar-refractivity contribution < 1.29 is 9.13 Å². The Hall–Kier alpha value is -1.43. The van der Waals surface area contributed by atoms with Crippen LogP contribution in [0.15, 0.2) is 6.20 Å². The van der Waals surface area contributed by atoms with Gasteiger partial charge < -0.3 is 15.4 Å². The maximum Gasteiger partial charge on any atom is 0.224 e. The summed E-state index contributed by atoms with van der Waals surface area (Å²) in [6.07, 6.45) is 1.96. The highest BCUT2D eigenvalue weighted by atomic mass is 19.1. The molecule has 1 aromatic rings. The van der Waals surface area contributed by atoms with Crippen LogP contribution in [-0.4, -0.2) is 36.8 Å². The number of aromatic nitrogens is 2. The van der Waals surface area contributed by atoms with Crippen molar-refractivity contribution in [2.45, 2.75) is 20.3 Å². The summed E-state index contributed by atoms with van der Waals surface area (Å²) < 4.78 is 18.8. The Bertz CT molecular complexity index is 360. The van der Waals surface area contributed by atoms with Crippen LogP contribution in [0.2, 0.25) is 0 Å². The number of nitrogens with zero attached hydrogens (tertiary/aromatic N) is 2. The Morgan fingerprint density at radius 2 is 2.22 bits per heavy atom. The Morgan fingerprint density at radius 1 is 1.44 bits per heavy atom. The molecule has 0 fully saturated rings. The standard InChI is InChI=1S/C12H21FN4O/c1-9(2)8-18-6-4-5-15-11-10(13)7-16-12(14-3)17-11/h7,9H,4-6,8H2,1-3H3,(H2,14,15,16,17). The Kier molecular flexibility index (Phi) is 6.35. The molecule has 0 amide bonds. The predicted octanol–water partition coefficient (Wildman–Crippen LogP) is 2.13. The van der Waals surface area contributed by atoms with Gasteiger partial charge in [-0.15, -0.1) is 0 Å². The highest BCUT2D eigenvalue weighted by Crippen LogP contribution is 2.11. The van der Waals surface area contributed by atoms with E-state index in [1.54, 1.807) is 7.05 Å². The van der Waals surface area contributed by atoms with E-state index in [1.165, 1.54) is 0 Å². The number of nitrogens with one attached hydrogen (secondary N) is 2. The summed E-state index contributed by atoms with van der Waals surface area (Å²) in [6.45, 7) is 6.25. The van der Waals surface area contributed by atoms with Crippen LogP contribution in [0.4, 0.5) is 16.2 Å². The molecule has 0 radical (unpaired) electrons. The molecule has 5 nitrogen and oxygen atoms in total. The molecule has 0 aliphatic carbocycles. The highest BCUT2D eigenvalue weighted by molar-refractivity contribution is 5.40. The first kappa shape index (κ1) is 14.6. The Morgan fingerprint density at radius 3 is 2.89 bits per heavy atom. The molecule has 0 unspecified atom stereocenters. The van der Waals surface area contributed by atoms with Crippen molar-refractivity contribution in [1.29, 1.82) is 0 Å². The van der Waals surface area contributed by atoms with E-state index >= 15 is 0 Å². The summed E-state index contributed by atoms with van der Waals surface area (Å²) in [7, 11) is 1.69. The smallest absolute Gasteiger partial charge is 0.224 e. The fourth-order valence-electron chi connectivity index (χ4n) is 1.31. The zero-order chi connectivity index (χ0) is 13.4. The van der Waals surface area contributed by atoms with Gasteiger partial charge in [-0.1, -0.05) is 13.8 Å². The van der Waals surface area contributed by atoms with Crippen molar-refractivity contribution in [1.82, 2.24) is 9.97 Å². The fourth-order valence-corrected chi connectivity index (χ4v) is 1.31. The van der Waals surface area contributed by atoms with Crippen molar-refractivity contribution in [2.24, 2.45) is 5.92 Å². The van der Waals surface area contributed by atoms with Gasteiger partial charge in [0, 0.05) is 26.8 Å². The topological polar surface area (TPSA) is 59.1 Å². The van der Waals surface area contributed by atoms with E-state index < -0.39 is 5.82 Å². The SMILES string of the molecule is CNc1ncc(F)c(NCCCOCC(C)C)n1. The fraction of sp³-hybridized carbons (Fsp3) is 0.667. The van der Waals surface area contributed by atoms with Crippen molar-refractivity contribution >= 4 is 11.8 Å². The number of ether oxygens (including phenoxy) is 1. The van der Waals surface area contributed by atoms with Crippen LogP contribution >= 0.6 is 0 Å². The second-order valence-electron chi connectivity index (χ2n) is 4.39. The van der Waals surface area contributed by atoms with E-state index in [-0.39, 0.29) is 5.82 Å². The van der Waals surface area contributed by atoms with Gasteiger partial charge in [0.05, 0.1) is 6.20 Å². The van der Waals surface area contributed by atoms with Gasteiger partial charge >= 0.3 is 0 Å². The third-order valence-electron chi connectivity index (χ3n) is 2.18. The van der Waals surface area contributed by atoms with Gasteiger partial charge in [0.2, 0.25) is 5.95 Å². The highest BCUT2D eigenvalue weighted by Gasteiger charge is 2.05. The average molecular weight is 256 g/mol. The summed E-state index contributed by atoms with van der Waals surface area (Å²) in [4.78, 5) is 7.76. The normalized spacial score (nSPS) is 10.7. The van der Waals surface area contributed by atoms with Gasteiger partial charge in [-0.2, -0.15) is 4.98 Å². The second-order valence-corrected chi connectivity index (χ2v) is 4.39. The summed E-state index contributed by atoms with van der Waals surface area (Å²) >= 11 is 0. The Labute approximate surface area is 107 Å². The molecule has 0 saturated heterocycles. The number of anilines is 2. The lowest BCUT2D eigenvalue weighted by Gasteiger charge is -2.09. The molecule has 0 bridgehead atoms. The van der Waals surface area contributed by atoms with Gasteiger partial charge in [-0.25, -0.2) is 9.37 Å². The maximum atomic E-state index is 13.3. The molecule has 1 heterocycles. The lowest BCUT2D eigenvalue weighted by atomic mass is 10.2. The van der Waals surface area contributed by atoms with Gasteiger partial charge in [-0.3, -0.25) is 0 Å². The molecule has 2 N–H and O–H groups in total. The number of halogens is 1. The molecule has 0 atom stereocenters. The second kappa shape index (κ2) is 7.81. The molecule has 0 aliphatic heterocycles. The van der Waals surface area contributed by atoms with E-state index in [0.29, 0.717) is 25.0 Å². The first-order valence-corrected chi connectivity index (χ1v) is 6.15. The first-order valence-electron chi connectivity index (χ1n) is 6.15. The molecular formula is C12H21FN4O. The van der Waals surface area contributed by atoms with Crippen LogP contribution < -0.4 is 10.6 Å². The van der Waals surface area contributed by atoms with Gasteiger partial charge in [-0.05, 0) is 12.3 Å². The van der Waals surface area contributed by atoms with Gasteiger partial charge in [0.25, 0.3) is 0 Å². The maximum absolute atomic E-state index is 13.3. The van der Waals surface area contributed by atoms with E-state index in [9.17, 15) is 4.39 Å². The van der Waals surface area contributed by atoms with Crippen molar-refractivity contribution in [3.63, 3.8) is 0 Å². The number of rotatable bonds is 8. The van der Waals surface area contributed by atoms with Crippen LogP contribution in [0.1, 0.15) is 20.3 Å². The molecule has 1 aromatic heterocycles. The quantitative estimate of drug-likeness (QED) is 0.698. The average Bonchev–Trinajstić information content (AvgIpc) is 2.35. The number of hydrogen-bond acceptors (Lipinski definition) is 5. The molecule has 0 spiro atoms. The molecule has 1 rings (SSSR count). The van der Waals surface area contributed by atoms with Crippen LogP contribution in [0, 0.1) is 11.7 Å². The van der Waals surface area contributed by atoms with Crippen LogP contribution in [-0.2, 0) is 4.74 Å². The number of hydrogen-bond donors (Lipinski definition) is 2. The summed E-state index contributed by atoms with van der Waals surface area (Å²) in [5.41, 5.74) is 0. The van der Waals surface area contributed by atoms with Crippen LogP contribution in [0.3, 0.4) is 0 Å². The summed E-state index contributed by atoms with van der Waals surface area (Å²) in [5.74, 6) is 0.709. The molecule has 102 valence electrons. The van der Waals surface area contributed by atoms with E-state index in [1.807, 2.05) is 0 Å². The first-order chi connectivity index (χ1) is 8.63. The minimum atomic E-state index is -0.447.